The van der Waals surface area contributed by atoms with Gasteiger partial charge in [0.25, 0.3) is 11.8 Å². The largest absolute Gasteiger partial charge is 0.311 e. The first kappa shape index (κ1) is 22.8. The molecule has 9 heteroatoms. The van der Waals surface area contributed by atoms with Gasteiger partial charge in [0.2, 0.25) is 11.8 Å². The zero-order valence-corrected chi connectivity index (χ0v) is 18.1. The van der Waals surface area contributed by atoms with Crippen LogP contribution in [0.5, 0.6) is 0 Å². The number of likely N-dealkylation sites (N-methyl/N-ethyl adjacent to an activating group) is 1. The minimum atomic E-state index is -0.931. The van der Waals surface area contributed by atoms with Crippen LogP contribution in [0.2, 0.25) is 0 Å². The maximum atomic E-state index is 14.2. The lowest BCUT2D eigenvalue weighted by molar-refractivity contribution is -0.122. The van der Waals surface area contributed by atoms with E-state index in [0.717, 1.165) is 26.8 Å². The Hall–Kier alpha value is -4.40. The Morgan fingerprint density at radius 1 is 0.824 bits per heavy atom. The topological polar surface area (TPSA) is 78.0 Å². The summed E-state index contributed by atoms with van der Waals surface area (Å²) in [5, 5.41) is 0. The molecule has 1 aliphatic rings. The number of anilines is 2. The third-order valence-corrected chi connectivity index (χ3v) is 5.48. The van der Waals surface area contributed by atoms with Crippen LogP contribution in [0.3, 0.4) is 0 Å². The van der Waals surface area contributed by atoms with E-state index in [1.54, 1.807) is 42.5 Å². The Balaban J connectivity index is 1.57. The lowest BCUT2D eigenvalue weighted by Gasteiger charge is -2.27. The summed E-state index contributed by atoms with van der Waals surface area (Å²) < 4.78 is 27.4. The van der Waals surface area contributed by atoms with Crippen LogP contribution in [0.4, 0.5) is 20.2 Å². The van der Waals surface area contributed by atoms with Crippen molar-refractivity contribution in [3.8, 4) is 0 Å². The zero-order valence-electron chi connectivity index (χ0n) is 18.1. The maximum Gasteiger partial charge on any atom is 0.262 e. The first-order chi connectivity index (χ1) is 16.3. The molecule has 0 aromatic heterocycles. The van der Waals surface area contributed by atoms with Crippen molar-refractivity contribution in [1.82, 2.24) is 4.90 Å². The van der Waals surface area contributed by atoms with E-state index in [9.17, 15) is 28.0 Å². The highest BCUT2D eigenvalue weighted by atomic mass is 19.1. The van der Waals surface area contributed by atoms with Gasteiger partial charge in [-0.3, -0.25) is 24.1 Å². The molecule has 0 radical (unpaired) electrons. The SMILES string of the molecule is CN(C(=O)CN(C(=O)CN1C(=O)c2ccccc2C1=O)c1ccccc1)c1ccc(F)cc1F. The molecule has 0 aliphatic carbocycles. The van der Waals surface area contributed by atoms with Crippen LogP contribution in [0.25, 0.3) is 0 Å². The summed E-state index contributed by atoms with van der Waals surface area (Å²) in [5.41, 5.74) is 0.598. The molecule has 0 fully saturated rings. The molecule has 0 N–H and O–H groups in total. The molecule has 0 atom stereocenters. The molecular weight excluding hydrogens is 444 g/mol. The summed E-state index contributed by atoms with van der Waals surface area (Å²) >= 11 is 0. The van der Waals surface area contributed by atoms with Crippen LogP contribution in [0.1, 0.15) is 20.7 Å². The Morgan fingerprint density at radius 3 is 2.00 bits per heavy atom. The van der Waals surface area contributed by atoms with E-state index in [2.05, 4.69) is 0 Å². The second-order valence-electron chi connectivity index (χ2n) is 7.61. The Morgan fingerprint density at radius 2 is 1.41 bits per heavy atom. The first-order valence-electron chi connectivity index (χ1n) is 10.3. The maximum absolute atomic E-state index is 14.2. The van der Waals surface area contributed by atoms with E-state index in [4.69, 9.17) is 0 Å². The summed E-state index contributed by atoms with van der Waals surface area (Å²) in [6.07, 6.45) is 0. The molecule has 0 saturated heterocycles. The first-order valence-corrected chi connectivity index (χ1v) is 10.3. The van der Waals surface area contributed by atoms with Crippen LogP contribution in [0, 0.1) is 11.6 Å². The molecule has 3 aromatic carbocycles. The number of benzene rings is 3. The quantitative estimate of drug-likeness (QED) is 0.526. The van der Waals surface area contributed by atoms with Gasteiger partial charge in [-0.05, 0) is 36.4 Å². The van der Waals surface area contributed by atoms with Gasteiger partial charge in [0.1, 0.15) is 24.7 Å². The highest BCUT2D eigenvalue weighted by molar-refractivity contribution is 6.23. The van der Waals surface area contributed by atoms with Crippen LogP contribution < -0.4 is 9.80 Å². The number of amides is 4. The number of rotatable bonds is 6. The number of hydrogen-bond acceptors (Lipinski definition) is 4. The van der Waals surface area contributed by atoms with Crippen molar-refractivity contribution >= 4 is 35.0 Å². The highest BCUT2D eigenvalue weighted by Crippen LogP contribution is 2.24. The lowest BCUT2D eigenvalue weighted by Crippen LogP contribution is -2.47. The second-order valence-corrected chi connectivity index (χ2v) is 7.61. The molecule has 4 amide bonds. The molecule has 172 valence electrons. The molecule has 34 heavy (non-hydrogen) atoms. The molecule has 0 bridgehead atoms. The smallest absolute Gasteiger partial charge is 0.262 e. The fourth-order valence-electron chi connectivity index (χ4n) is 3.66. The summed E-state index contributed by atoms with van der Waals surface area (Å²) in [7, 11) is 1.30. The number of para-hydroxylation sites is 1. The highest BCUT2D eigenvalue weighted by Gasteiger charge is 2.37. The van der Waals surface area contributed by atoms with Crippen LogP contribution in [0.15, 0.2) is 72.8 Å². The third kappa shape index (κ3) is 4.27. The van der Waals surface area contributed by atoms with E-state index in [1.807, 2.05) is 0 Å². The molecule has 0 saturated carbocycles. The van der Waals surface area contributed by atoms with Gasteiger partial charge in [0.05, 0.1) is 16.8 Å². The van der Waals surface area contributed by atoms with Gasteiger partial charge in [0.15, 0.2) is 0 Å². The predicted octanol–water partition coefficient (Wildman–Crippen LogP) is 3.26. The number of hydrogen-bond donors (Lipinski definition) is 0. The number of halogens is 2. The van der Waals surface area contributed by atoms with Gasteiger partial charge < -0.3 is 9.80 Å². The molecule has 1 heterocycles. The lowest BCUT2D eigenvalue weighted by atomic mass is 10.1. The zero-order chi connectivity index (χ0) is 24.4. The third-order valence-electron chi connectivity index (χ3n) is 5.48. The molecule has 7 nitrogen and oxygen atoms in total. The number of carbonyl (C=O) groups excluding carboxylic acids is 4. The van der Waals surface area contributed by atoms with Crippen molar-refractivity contribution in [1.29, 1.82) is 0 Å². The number of imide groups is 1. The van der Waals surface area contributed by atoms with E-state index in [1.165, 1.54) is 19.2 Å². The van der Waals surface area contributed by atoms with Crippen molar-refractivity contribution in [2.24, 2.45) is 0 Å². The van der Waals surface area contributed by atoms with E-state index < -0.39 is 48.4 Å². The van der Waals surface area contributed by atoms with Crippen molar-refractivity contribution < 1.29 is 28.0 Å². The van der Waals surface area contributed by atoms with E-state index >= 15 is 0 Å². The van der Waals surface area contributed by atoms with E-state index in [-0.39, 0.29) is 16.8 Å². The Kier molecular flexibility index (Phi) is 6.18. The fourth-order valence-corrected chi connectivity index (χ4v) is 3.66. The van der Waals surface area contributed by atoms with Gasteiger partial charge in [-0.15, -0.1) is 0 Å². The summed E-state index contributed by atoms with van der Waals surface area (Å²) in [6.45, 7) is -1.08. The monoisotopic (exact) mass is 463 g/mol. The second kappa shape index (κ2) is 9.22. The van der Waals surface area contributed by atoms with Crippen LogP contribution in [-0.4, -0.2) is 48.7 Å². The van der Waals surface area contributed by atoms with Crippen LogP contribution in [-0.2, 0) is 9.59 Å². The molecule has 0 spiro atoms. The van der Waals surface area contributed by atoms with Gasteiger partial charge in [-0.25, -0.2) is 8.78 Å². The molecule has 4 rings (SSSR count). The van der Waals surface area contributed by atoms with Gasteiger partial charge >= 0.3 is 0 Å². The summed E-state index contributed by atoms with van der Waals surface area (Å²) in [5.74, 6) is -4.26. The molecule has 3 aromatic rings. The van der Waals surface area contributed by atoms with Crippen molar-refractivity contribution in [2.45, 2.75) is 0 Å². The Bertz CT molecular complexity index is 1260. The fraction of sp³-hybridized carbons (Fsp3) is 0.120. The summed E-state index contributed by atoms with van der Waals surface area (Å²) in [6, 6.07) is 17.3. The van der Waals surface area contributed by atoms with Gasteiger partial charge in [-0.1, -0.05) is 30.3 Å². The number of fused-ring (bicyclic) bond motifs is 1. The van der Waals surface area contributed by atoms with Crippen LogP contribution >= 0.6 is 0 Å². The van der Waals surface area contributed by atoms with Gasteiger partial charge in [-0.2, -0.15) is 0 Å². The van der Waals surface area contributed by atoms with Crippen molar-refractivity contribution in [2.75, 3.05) is 29.9 Å². The van der Waals surface area contributed by atoms with E-state index in [0.29, 0.717) is 11.8 Å². The standard InChI is InChI=1S/C25H19F2N3O4/c1-28(21-12-11-16(26)13-20(21)27)22(31)14-29(17-7-3-2-4-8-17)23(32)15-30-24(33)18-9-5-6-10-19(18)25(30)34/h2-13H,14-15H2,1H3. The number of nitrogens with zero attached hydrogens (tertiary/aromatic N) is 3. The number of carbonyl (C=O) groups is 4. The average Bonchev–Trinajstić information content (AvgIpc) is 3.07. The van der Waals surface area contributed by atoms with Gasteiger partial charge in [0, 0.05) is 18.8 Å². The predicted molar refractivity (Wildman–Crippen MR) is 120 cm³/mol. The van der Waals surface area contributed by atoms with Crippen molar-refractivity contribution in [3.63, 3.8) is 0 Å². The normalized spacial score (nSPS) is 12.5. The molecular formula is C25H19F2N3O4. The molecule has 0 unspecified atom stereocenters. The average molecular weight is 463 g/mol. The molecule has 1 aliphatic heterocycles. The summed E-state index contributed by atoms with van der Waals surface area (Å²) in [4.78, 5) is 54.4. The minimum absolute atomic E-state index is 0.160. The van der Waals surface area contributed by atoms with Crippen molar-refractivity contribution in [3.05, 3.63) is 95.6 Å². The minimum Gasteiger partial charge on any atom is -0.311 e. The Labute approximate surface area is 193 Å².